The largest absolute Gasteiger partial charge is 0.478 e. The van der Waals surface area contributed by atoms with Gasteiger partial charge in [0, 0.05) is 28.4 Å². The van der Waals surface area contributed by atoms with E-state index < -0.39 is 17.1 Å². The topological polar surface area (TPSA) is 105 Å². The number of nitrogens with one attached hydrogen (secondary N) is 2. The van der Waals surface area contributed by atoms with Gasteiger partial charge in [0.05, 0.1) is 5.25 Å². The highest BCUT2D eigenvalue weighted by Gasteiger charge is 2.15. The zero-order chi connectivity index (χ0) is 23.6. The third kappa shape index (κ3) is 7.86. The zero-order valence-corrected chi connectivity index (χ0v) is 18.5. The fourth-order valence-electron chi connectivity index (χ4n) is 2.71. The van der Waals surface area contributed by atoms with E-state index >= 15 is 0 Å². The van der Waals surface area contributed by atoms with E-state index in [0.717, 1.165) is 22.8 Å². The van der Waals surface area contributed by atoms with Crippen LogP contribution in [0.5, 0.6) is 11.5 Å². The number of anilines is 2. The minimum absolute atomic E-state index is 0.171. The first kappa shape index (κ1) is 23.6. The molecule has 0 aliphatic carbocycles. The van der Waals surface area contributed by atoms with Gasteiger partial charge in [0.15, 0.2) is 0 Å². The molecular formula is C25H22N2O5S. The fourth-order valence-corrected chi connectivity index (χ4v) is 3.64. The first-order chi connectivity index (χ1) is 15.9. The molecule has 3 N–H and O–H groups in total. The van der Waals surface area contributed by atoms with Crippen molar-refractivity contribution >= 4 is 40.9 Å². The maximum absolute atomic E-state index is 12.6. The number of carbonyl (C=O) groups excluding carboxylic acids is 2. The van der Waals surface area contributed by atoms with Crippen molar-refractivity contribution in [1.82, 2.24) is 0 Å². The van der Waals surface area contributed by atoms with Crippen molar-refractivity contribution < 1.29 is 24.2 Å². The molecule has 1 atom stereocenters. The molecule has 3 rings (SSSR count). The lowest BCUT2D eigenvalue weighted by atomic mass is 10.3. The number of ether oxygens (including phenoxy) is 1. The number of carbonyl (C=O) groups is 3. The molecule has 0 saturated carbocycles. The Hall–Kier alpha value is -4.04. The average molecular weight is 463 g/mol. The molecule has 0 aliphatic rings. The monoisotopic (exact) mass is 462 g/mol. The van der Waals surface area contributed by atoms with Crippen LogP contribution in [0.4, 0.5) is 11.4 Å². The summed E-state index contributed by atoms with van der Waals surface area (Å²) in [6.07, 6.45) is 1.70. The maximum Gasteiger partial charge on any atom is 0.328 e. The molecule has 3 aromatic carbocycles. The second-order valence-electron chi connectivity index (χ2n) is 6.88. The van der Waals surface area contributed by atoms with E-state index in [2.05, 4.69) is 10.6 Å². The van der Waals surface area contributed by atoms with Gasteiger partial charge in [-0.15, -0.1) is 11.8 Å². The molecule has 0 bridgehead atoms. The average Bonchev–Trinajstić information content (AvgIpc) is 2.80. The molecular weight excluding hydrogens is 440 g/mol. The Morgan fingerprint density at radius 2 is 1.55 bits per heavy atom. The molecule has 8 heteroatoms. The summed E-state index contributed by atoms with van der Waals surface area (Å²) in [4.78, 5) is 35.6. The van der Waals surface area contributed by atoms with Crippen molar-refractivity contribution in [2.75, 3.05) is 10.6 Å². The van der Waals surface area contributed by atoms with Gasteiger partial charge in [0.2, 0.25) is 11.8 Å². The first-order valence-corrected chi connectivity index (χ1v) is 10.9. The molecule has 0 aromatic heterocycles. The highest BCUT2D eigenvalue weighted by Crippen LogP contribution is 2.27. The number of carboxylic acids is 1. The number of aliphatic carboxylic acids is 1. The molecule has 168 valence electrons. The number of amides is 2. The summed E-state index contributed by atoms with van der Waals surface area (Å²) in [5.41, 5.74) is 1.15. The van der Waals surface area contributed by atoms with Crippen LogP contribution in [0.15, 0.2) is 95.9 Å². The molecule has 7 nitrogen and oxygen atoms in total. The molecule has 0 spiro atoms. The molecule has 0 fully saturated rings. The van der Waals surface area contributed by atoms with Crippen molar-refractivity contribution in [1.29, 1.82) is 0 Å². The van der Waals surface area contributed by atoms with Crippen molar-refractivity contribution in [3.05, 3.63) is 91.0 Å². The van der Waals surface area contributed by atoms with Crippen molar-refractivity contribution in [3.63, 3.8) is 0 Å². The van der Waals surface area contributed by atoms with Crippen LogP contribution in [0.3, 0.4) is 0 Å². The molecule has 2 amide bonds. The molecule has 0 aliphatic heterocycles. The van der Waals surface area contributed by atoms with Crippen LogP contribution < -0.4 is 15.4 Å². The van der Waals surface area contributed by atoms with Gasteiger partial charge in [-0.2, -0.15) is 0 Å². The van der Waals surface area contributed by atoms with Crippen LogP contribution in [0.2, 0.25) is 0 Å². The third-order valence-corrected chi connectivity index (χ3v) is 5.36. The van der Waals surface area contributed by atoms with Gasteiger partial charge >= 0.3 is 5.97 Å². The number of rotatable bonds is 9. The van der Waals surface area contributed by atoms with Gasteiger partial charge in [-0.3, -0.25) is 9.59 Å². The molecule has 0 saturated heterocycles. The van der Waals surface area contributed by atoms with Gasteiger partial charge in [-0.05, 0) is 61.5 Å². The summed E-state index contributed by atoms with van der Waals surface area (Å²) < 4.78 is 5.75. The lowest BCUT2D eigenvalue weighted by Gasteiger charge is -2.13. The summed E-state index contributed by atoms with van der Waals surface area (Å²) in [7, 11) is 0. The Kier molecular flexibility index (Phi) is 8.26. The molecule has 3 aromatic rings. The maximum atomic E-state index is 12.6. The number of benzene rings is 3. The fraction of sp³-hybridized carbons (Fsp3) is 0.0800. The Morgan fingerprint density at radius 3 is 2.24 bits per heavy atom. The Balaban J connectivity index is 1.54. The minimum atomic E-state index is -1.20. The SMILES string of the molecule is CC(Sc1cccc(NC(=O)/C=C/C(=O)O)c1)C(=O)Nc1ccc(Oc2ccccc2)cc1. The van der Waals surface area contributed by atoms with Crippen LogP contribution in [0, 0.1) is 0 Å². The number of hydrogen-bond donors (Lipinski definition) is 3. The minimum Gasteiger partial charge on any atom is -0.478 e. The summed E-state index contributed by atoms with van der Waals surface area (Å²) in [5.74, 6) is -0.525. The standard InChI is InChI=1S/C25H22N2O5S/c1-17(33-22-9-5-6-19(16-22)26-23(28)14-15-24(29)30)25(31)27-18-10-12-21(13-11-18)32-20-7-3-2-4-8-20/h2-17H,1H3,(H,26,28)(H,27,31)(H,29,30)/b15-14+. The number of thioether (sulfide) groups is 1. The molecule has 33 heavy (non-hydrogen) atoms. The van der Waals surface area contributed by atoms with E-state index in [1.807, 2.05) is 36.4 Å². The normalized spacial score (nSPS) is 11.5. The summed E-state index contributed by atoms with van der Waals surface area (Å²) in [6, 6.07) is 23.5. The highest BCUT2D eigenvalue weighted by molar-refractivity contribution is 8.00. The summed E-state index contributed by atoms with van der Waals surface area (Å²) >= 11 is 1.34. The highest BCUT2D eigenvalue weighted by atomic mass is 32.2. The van der Waals surface area contributed by atoms with E-state index in [9.17, 15) is 14.4 Å². The van der Waals surface area contributed by atoms with Gasteiger partial charge in [-0.25, -0.2) is 4.79 Å². The van der Waals surface area contributed by atoms with E-state index in [4.69, 9.17) is 9.84 Å². The molecule has 0 radical (unpaired) electrons. The predicted molar refractivity (Wildman–Crippen MR) is 129 cm³/mol. The van der Waals surface area contributed by atoms with Crippen molar-refractivity contribution in [3.8, 4) is 11.5 Å². The lowest BCUT2D eigenvalue weighted by molar-refractivity contribution is -0.131. The van der Waals surface area contributed by atoms with Crippen LogP contribution in [0.25, 0.3) is 0 Å². The second-order valence-corrected chi connectivity index (χ2v) is 8.29. The van der Waals surface area contributed by atoms with E-state index in [-0.39, 0.29) is 5.91 Å². The molecule has 0 heterocycles. The summed E-state index contributed by atoms with van der Waals surface area (Å²) in [5, 5.41) is 13.7. The first-order valence-electron chi connectivity index (χ1n) is 10.0. The lowest BCUT2D eigenvalue weighted by Crippen LogP contribution is -2.22. The van der Waals surface area contributed by atoms with Crippen LogP contribution >= 0.6 is 11.8 Å². The Morgan fingerprint density at radius 1 is 0.848 bits per heavy atom. The predicted octanol–water partition coefficient (Wildman–Crippen LogP) is 5.18. The quantitative estimate of drug-likeness (QED) is 0.299. The smallest absolute Gasteiger partial charge is 0.328 e. The van der Waals surface area contributed by atoms with E-state index in [0.29, 0.717) is 17.1 Å². The molecule has 1 unspecified atom stereocenters. The van der Waals surface area contributed by atoms with Gasteiger partial charge in [0.25, 0.3) is 0 Å². The van der Waals surface area contributed by atoms with Crippen molar-refractivity contribution in [2.24, 2.45) is 0 Å². The van der Waals surface area contributed by atoms with Gasteiger partial charge < -0.3 is 20.5 Å². The van der Waals surface area contributed by atoms with Crippen LogP contribution in [0.1, 0.15) is 6.92 Å². The van der Waals surface area contributed by atoms with Crippen LogP contribution in [-0.2, 0) is 14.4 Å². The second kappa shape index (κ2) is 11.5. The van der Waals surface area contributed by atoms with Crippen LogP contribution in [-0.4, -0.2) is 28.1 Å². The number of para-hydroxylation sites is 1. The number of hydrogen-bond acceptors (Lipinski definition) is 5. The van der Waals surface area contributed by atoms with Gasteiger partial charge in [0.1, 0.15) is 11.5 Å². The van der Waals surface area contributed by atoms with Crippen molar-refractivity contribution in [2.45, 2.75) is 17.1 Å². The Bertz CT molecular complexity index is 1150. The summed E-state index contributed by atoms with van der Waals surface area (Å²) in [6.45, 7) is 1.79. The Labute approximate surface area is 195 Å². The zero-order valence-electron chi connectivity index (χ0n) is 17.7. The number of carboxylic acid groups (broad SMARTS) is 1. The van der Waals surface area contributed by atoms with E-state index in [1.165, 1.54) is 11.8 Å². The van der Waals surface area contributed by atoms with Gasteiger partial charge in [-0.1, -0.05) is 24.3 Å². The third-order valence-electron chi connectivity index (χ3n) is 4.26. The van der Waals surface area contributed by atoms with E-state index in [1.54, 1.807) is 49.4 Å².